The van der Waals surface area contributed by atoms with E-state index in [2.05, 4.69) is 49.3 Å². The van der Waals surface area contributed by atoms with Crippen LogP contribution in [0.3, 0.4) is 0 Å². The first-order valence-electron chi connectivity index (χ1n) is 4.84. The van der Waals surface area contributed by atoms with Gasteiger partial charge < -0.3 is 5.32 Å². The average molecular weight is 181 g/mol. The third-order valence-electron chi connectivity index (χ3n) is 1.94. The minimum atomic E-state index is 0.152. The van der Waals surface area contributed by atoms with Crippen LogP contribution >= 0.6 is 0 Å². The molecule has 0 radical (unpaired) electrons. The molecule has 0 aliphatic carbocycles. The molecular weight excluding hydrogens is 162 g/mol. The number of hydrogen-bond acceptors (Lipinski definition) is 2. The summed E-state index contributed by atoms with van der Waals surface area (Å²) in [6.07, 6.45) is 1.12. The first-order valence-corrected chi connectivity index (χ1v) is 4.84. The molecule has 0 aromatic carbocycles. The molecule has 2 N–H and O–H groups in total. The lowest BCUT2D eigenvalue weighted by molar-refractivity contribution is 0.567. The smallest absolute Gasteiger partial charge is 0.148 e. The van der Waals surface area contributed by atoms with E-state index in [0.29, 0.717) is 0 Å². The zero-order valence-corrected chi connectivity index (χ0v) is 8.94. The minimum absolute atomic E-state index is 0.152. The molecule has 0 saturated carbocycles. The summed E-state index contributed by atoms with van der Waals surface area (Å²) in [6.45, 7) is 9.64. The van der Waals surface area contributed by atoms with Crippen LogP contribution < -0.4 is 5.32 Å². The van der Waals surface area contributed by atoms with Gasteiger partial charge in [-0.25, -0.2) is 0 Å². The zero-order chi connectivity index (χ0) is 9.90. The molecular formula is C10H19N3. The summed E-state index contributed by atoms with van der Waals surface area (Å²) < 4.78 is 0. The van der Waals surface area contributed by atoms with Crippen LogP contribution in [0.1, 0.15) is 39.8 Å². The molecule has 1 aromatic heterocycles. The Bertz CT molecular complexity index is 257. The fraction of sp³-hybridized carbons (Fsp3) is 0.700. The Morgan fingerprint density at radius 2 is 2.15 bits per heavy atom. The number of aromatic amines is 1. The topological polar surface area (TPSA) is 40.7 Å². The normalized spacial score (nSPS) is 11.7. The van der Waals surface area contributed by atoms with Gasteiger partial charge in [-0.15, -0.1) is 0 Å². The van der Waals surface area contributed by atoms with E-state index < -0.39 is 0 Å². The molecule has 0 saturated heterocycles. The second kappa shape index (κ2) is 3.81. The van der Waals surface area contributed by atoms with E-state index in [9.17, 15) is 0 Å². The van der Waals surface area contributed by atoms with E-state index in [1.165, 1.54) is 5.69 Å². The summed E-state index contributed by atoms with van der Waals surface area (Å²) in [5.74, 6) is 0.951. The highest BCUT2D eigenvalue weighted by Gasteiger charge is 2.16. The van der Waals surface area contributed by atoms with Gasteiger partial charge in [0.1, 0.15) is 5.82 Å². The fourth-order valence-electron chi connectivity index (χ4n) is 1.05. The van der Waals surface area contributed by atoms with Crippen molar-refractivity contribution in [2.24, 2.45) is 0 Å². The summed E-state index contributed by atoms with van der Waals surface area (Å²) in [4.78, 5) is 0. The first-order chi connectivity index (χ1) is 6.04. The summed E-state index contributed by atoms with van der Waals surface area (Å²) in [7, 11) is 0. The van der Waals surface area contributed by atoms with Gasteiger partial charge in [0.05, 0.1) is 0 Å². The summed E-state index contributed by atoms with van der Waals surface area (Å²) in [5, 5.41) is 10.5. The molecule has 0 bridgehead atoms. The third-order valence-corrected chi connectivity index (χ3v) is 1.94. The van der Waals surface area contributed by atoms with Crippen molar-refractivity contribution in [3.05, 3.63) is 11.8 Å². The highest BCUT2D eigenvalue weighted by molar-refractivity contribution is 5.37. The van der Waals surface area contributed by atoms with Crippen LogP contribution in [0.5, 0.6) is 0 Å². The molecule has 74 valence electrons. The van der Waals surface area contributed by atoms with Gasteiger partial charge in [0, 0.05) is 23.7 Å². The Hall–Kier alpha value is -0.990. The van der Waals surface area contributed by atoms with Crippen LogP contribution in [-0.4, -0.2) is 16.7 Å². The average Bonchev–Trinajstić information content (AvgIpc) is 2.47. The zero-order valence-electron chi connectivity index (χ0n) is 8.94. The van der Waals surface area contributed by atoms with Gasteiger partial charge in [0.15, 0.2) is 0 Å². The van der Waals surface area contributed by atoms with Gasteiger partial charge in [-0.2, -0.15) is 5.10 Å². The van der Waals surface area contributed by atoms with Crippen molar-refractivity contribution >= 4 is 5.82 Å². The van der Waals surface area contributed by atoms with Crippen LogP contribution in [0.4, 0.5) is 5.82 Å². The van der Waals surface area contributed by atoms with Gasteiger partial charge in [0.25, 0.3) is 0 Å². The van der Waals surface area contributed by atoms with Gasteiger partial charge in [0.2, 0.25) is 0 Å². The maximum Gasteiger partial charge on any atom is 0.148 e. The van der Waals surface area contributed by atoms with E-state index >= 15 is 0 Å². The minimum Gasteiger partial charge on any atom is -0.369 e. The Labute approximate surface area is 79.9 Å². The number of H-pyrrole nitrogens is 1. The van der Waals surface area contributed by atoms with Gasteiger partial charge in [-0.3, -0.25) is 5.10 Å². The fourth-order valence-corrected chi connectivity index (χ4v) is 1.05. The maximum atomic E-state index is 4.18. The molecule has 0 spiro atoms. The van der Waals surface area contributed by atoms with Gasteiger partial charge >= 0.3 is 0 Å². The molecule has 0 atom stereocenters. The number of nitrogens with zero attached hydrogens (tertiary/aromatic N) is 1. The SMILES string of the molecule is CCCNc1cc(C(C)(C)C)[nH]n1. The number of aromatic nitrogens is 2. The lowest BCUT2D eigenvalue weighted by atomic mass is 9.92. The highest BCUT2D eigenvalue weighted by Crippen LogP contribution is 2.21. The predicted molar refractivity (Wildman–Crippen MR) is 56.1 cm³/mol. The number of hydrogen-bond donors (Lipinski definition) is 2. The Morgan fingerprint density at radius 1 is 1.46 bits per heavy atom. The largest absolute Gasteiger partial charge is 0.369 e. The number of anilines is 1. The van der Waals surface area contributed by atoms with Crippen molar-refractivity contribution in [1.82, 2.24) is 10.2 Å². The van der Waals surface area contributed by atoms with Crippen LogP contribution in [0.25, 0.3) is 0 Å². The lowest BCUT2D eigenvalue weighted by Crippen LogP contribution is -2.11. The van der Waals surface area contributed by atoms with Crippen LogP contribution in [0.15, 0.2) is 6.07 Å². The summed E-state index contributed by atoms with van der Waals surface area (Å²) in [6, 6.07) is 2.08. The Kier molecular flexibility index (Phi) is 2.96. The number of rotatable bonds is 3. The van der Waals surface area contributed by atoms with Crippen LogP contribution in [0, 0.1) is 0 Å². The summed E-state index contributed by atoms with van der Waals surface area (Å²) >= 11 is 0. The van der Waals surface area contributed by atoms with Crippen molar-refractivity contribution in [2.75, 3.05) is 11.9 Å². The molecule has 0 unspecified atom stereocenters. The molecule has 0 amide bonds. The van der Waals surface area contributed by atoms with Crippen molar-refractivity contribution in [3.8, 4) is 0 Å². The second-order valence-electron chi connectivity index (χ2n) is 4.34. The molecule has 0 fully saturated rings. The number of nitrogens with one attached hydrogen (secondary N) is 2. The molecule has 1 rings (SSSR count). The predicted octanol–water partition coefficient (Wildman–Crippen LogP) is 2.53. The highest BCUT2D eigenvalue weighted by atomic mass is 15.2. The van der Waals surface area contributed by atoms with Gasteiger partial charge in [-0.1, -0.05) is 27.7 Å². The van der Waals surface area contributed by atoms with Crippen molar-refractivity contribution in [2.45, 2.75) is 39.5 Å². The first kappa shape index (κ1) is 10.1. The Balaban J connectivity index is 2.64. The standard InChI is InChI=1S/C10H19N3/c1-5-6-11-9-7-8(12-13-9)10(2,3)4/h7H,5-6H2,1-4H3,(H2,11,12,13). The molecule has 1 aromatic rings. The van der Waals surface area contributed by atoms with E-state index in [4.69, 9.17) is 0 Å². The van der Waals surface area contributed by atoms with E-state index in [1.807, 2.05) is 0 Å². The molecule has 3 nitrogen and oxygen atoms in total. The molecule has 0 aliphatic rings. The third kappa shape index (κ3) is 2.76. The quantitative estimate of drug-likeness (QED) is 0.752. The van der Waals surface area contributed by atoms with Crippen molar-refractivity contribution in [3.63, 3.8) is 0 Å². The molecule has 3 heteroatoms. The Morgan fingerprint density at radius 3 is 2.62 bits per heavy atom. The molecule has 0 aliphatic heterocycles. The van der Waals surface area contributed by atoms with E-state index in [1.54, 1.807) is 0 Å². The molecule has 13 heavy (non-hydrogen) atoms. The lowest BCUT2D eigenvalue weighted by Gasteiger charge is -2.14. The maximum absolute atomic E-state index is 4.18. The monoisotopic (exact) mass is 181 g/mol. The van der Waals surface area contributed by atoms with Crippen LogP contribution in [0.2, 0.25) is 0 Å². The van der Waals surface area contributed by atoms with Crippen LogP contribution in [-0.2, 0) is 5.41 Å². The summed E-state index contributed by atoms with van der Waals surface area (Å²) in [5.41, 5.74) is 1.32. The molecule has 1 heterocycles. The van der Waals surface area contributed by atoms with E-state index in [-0.39, 0.29) is 5.41 Å². The second-order valence-corrected chi connectivity index (χ2v) is 4.34. The van der Waals surface area contributed by atoms with Crippen molar-refractivity contribution < 1.29 is 0 Å². The van der Waals surface area contributed by atoms with Gasteiger partial charge in [-0.05, 0) is 6.42 Å². The van der Waals surface area contributed by atoms with Crippen molar-refractivity contribution in [1.29, 1.82) is 0 Å². The van der Waals surface area contributed by atoms with E-state index in [0.717, 1.165) is 18.8 Å².